The van der Waals surface area contributed by atoms with Crippen LogP contribution in [0.1, 0.15) is 18.5 Å². The van der Waals surface area contributed by atoms with Gasteiger partial charge in [0.2, 0.25) is 5.91 Å². The minimum Gasteiger partial charge on any atom is -0.352 e. The SMILES string of the molecule is C=CCNC(=O)CN1CCC(Cc2ccn[nH]2)CC1. The van der Waals surface area contributed by atoms with Gasteiger partial charge in [-0.05, 0) is 44.3 Å². The molecule has 104 valence electrons. The number of aromatic nitrogens is 2. The summed E-state index contributed by atoms with van der Waals surface area (Å²) in [5.41, 5.74) is 1.21. The van der Waals surface area contributed by atoms with E-state index < -0.39 is 0 Å². The fourth-order valence-electron chi connectivity index (χ4n) is 2.50. The molecule has 1 aromatic rings. The molecule has 2 N–H and O–H groups in total. The van der Waals surface area contributed by atoms with Gasteiger partial charge in [-0.1, -0.05) is 6.08 Å². The molecule has 5 nitrogen and oxygen atoms in total. The number of H-pyrrole nitrogens is 1. The van der Waals surface area contributed by atoms with Crippen molar-refractivity contribution in [2.24, 2.45) is 5.92 Å². The highest BCUT2D eigenvalue weighted by molar-refractivity contribution is 5.78. The molecule has 2 rings (SSSR count). The zero-order valence-electron chi connectivity index (χ0n) is 11.3. The molecule has 0 atom stereocenters. The first-order valence-electron chi connectivity index (χ1n) is 6.86. The zero-order chi connectivity index (χ0) is 13.5. The Balaban J connectivity index is 1.67. The molecule has 1 fully saturated rings. The molecular weight excluding hydrogens is 240 g/mol. The van der Waals surface area contributed by atoms with Crippen molar-refractivity contribution in [2.45, 2.75) is 19.3 Å². The average molecular weight is 262 g/mol. The summed E-state index contributed by atoms with van der Waals surface area (Å²) in [5, 5.41) is 9.80. The Bertz CT molecular complexity index is 394. The minimum absolute atomic E-state index is 0.0897. The molecule has 1 amide bonds. The molecule has 2 heterocycles. The van der Waals surface area contributed by atoms with Gasteiger partial charge in [0.15, 0.2) is 0 Å². The van der Waals surface area contributed by atoms with Gasteiger partial charge in [0.05, 0.1) is 6.54 Å². The van der Waals surface area contributed by atoms with E-state index in [1.165, 1.54) is 5.69 Å². The molecule has 19 heavy (non-hydrogen) atoms. The van der Waals surface area contributed by atoms with Crippen molar-refractivity contribution < 1.29 is 4.79 Å². The van der Waals surface area contributed by atoms with Crippen LogP contribution in [-0.2, 0) is 11.2 Å². The van der Waals surface area contributed by atoms with E-state index in [9.17, 15) is 4.79 Å². The first kappa shape index (κ1) is 13.8. The van der Waals surface area contributed by atoms with Gasteiger partial charge >= 0.3 is 0 Å². The third-order valence-corrected chi connectivity index (χ3v) is 3.58. The summed E-state index contributed by atoms with van der Waals surface area (Å²) in [5.74, 6) is 0.792. The quantitative estimate of drug-likeness (QED) is 0.751. The molecule has 1 aliphatic rings. The maximum absolute atomic E-state index is 11.6. The van der Waals surface area contributed by atoms with Gasteiger partial charge < -0.3 is 5.32 Å². The fourth-order valence-corrected chi connectivity index (χ4v) is 2.50. The van der Waals surface area contributed by atoms with Gasteiger partial charge in [0.1, 0.15) is 0 Å². The molecule has 0 saturated carbocycles. The van der Waals surface area contributed by atoms with Gasteiger partial charge in [0, 0.05) is 18.4 Å². The predicted molar refractivity (Wildman–Crippen MR) is 74.7 cm³/mol. The highest BCUT2D eigenvalue weighted by atomic mass is 16.2. The summed E-state index contributed by atoms with van der Waals surface area (Å²) in [7, 11) is 0. The van der Waals surface area contributed by atoms with E-state index in [0.717, 1.165) is 32.4 Å². The molecule has 0 bridgehead atoms. The Kier molecular flexibility index (Phi) is 5.15. The molecular formula is C14H22N4O. The van der Waals surface area contributed by atoms with E-state index >= 15 is 0 Å². The topological polar surface area (TPSA) is 61.0 Å². The minimum atomic E-state index is 0.0897. The third-order valence-electron chi connectivity index (χ3n) is 3.58. The van der Waals surface area contributed by atoms with Crippen molar-refractivity contribution >= 4 is 5.91 Å². The molecule has 0 aromatic carbocycles. The molecule has 1 aliphatic heterocycles. The van der Waals surface area contributed by atoms with Crippen molar-refractivity contribution in [1.82, 2.24) is 20.4 Å². The number of carbonyl (C=O) groups is 1. The normalized spacial score (nSPS) is 17.3. The standard InChI is InChI=1S/C14H22N4O/c1-2-6-15-14(19)11-18-8-4-12(5-9-18)10-13-3-7-16-17-13/h2-3,7,12H,1,4-6,8-11H2,(H,15,19)(H,16,17). The van der Waals surface area contributed by atoms with E-state index in [1.54, 1.807) is 12.3 Å². The first-order chi connectivity index (χ1) is 9.28. The molecule has 0 aliphatic carbocycles. The summed E-state index contributed by atoms with van der Waals surface area (Å²) in [6.07, 6.45) is 6.86. The van der Waals surface area contributed by atoms with Crippen LogP contribution in [-0.4, -0.2) is 47.2 Å². The van der Waals surface area contributed by atoms with Crippen molar-refractivity contribution in [3.05, 3.63) is 30.6 Å². The molecule has 0 radical (unpaired) electrons. The van der Waals surface area contributed by atoms with E-state index in [0.29, 0.717) is 19.0 Å². The van der Waals surface area contributed by atoms with Gasteiger partial charge in [0.25, 0.3) is 0 Å². The first-order valence-corrected chi connectivity index (χ1v) is 6.86. The second kappa shape index (κ2) is 7.09. The van der Waals surface area contributed by atoms with Crippen molar-refractivity contribution in [3.63, 3.8) is 0 Å². The van der Waals surface area contributed by atoms with Crippen LogP contribution < -0.4 is 5.32 Å². The van der Waals surface area contributed by atoms with Crippen molar-refractivity contribution in [2.75, 3.05) is 26.2 Å². The predicted octanol–water partition coefficient (Wildman–Crippen LogP) is 0.966. The van der Waals surface area contributed by atoms with Crippen LogP contribution in [0.15, 0.2) is 24.9 Å². The van der Waals surface area contributed by atoms with Gasteiger partial charge in [-0.3, -0.25) is 14.8 Å². The van der Waals surface area contributed by atoms with Crippen LogP contribution in [0.2, 0.25) is 0 Å². The molecule has 5 heteroatoms. The van der Waals surface area contributed by atoms with Crippen LogP contribution >= 0.6 is 0 Å². The fraction of sp³-hybridized carbons (Fsp3) is 0.571. The summed E-state index contributed by atoms with van der Waals surface area (Å²) in [4.78, 5) is 13.8. The number of nitrogens with one attached hydrogen (secondary N) is 2. The van der Waals surface area contributed by atoms with Crippen LogP contribution in [0.4, 0.5) is 0 Å². The molecule has 0 spiro atoms. The number of hydrogen-bond donors (Lipinski definition) is 2. The maximum Gasteiger partial charge on any atom is 0.234 e. The summed E-state index contributed by atoms with van der Waals surface area (Å²) in [6, 6.07) is 2.04. The summed E-state index contributed by atoms with van der Waals surface area (Å²) < 4.78 is 0. The smallest absolute Gasteiger partial charge is 0.234 e. The van der Waals surface area contributed by atoms with Crippen molar-refractivity contribution in [1.29, 1.82) is 0 Å². The van der Waals surface area contributed by atoms with Crippen LogP contribution in [0.25, 0.3) is 0 Å². The number of likely N-dealkylation sites (tertiary alicyclic amines) is 1. The number of carbonyl (C=O) groups excluding carboxylic acids is 1. The number of rotatable bonds is 6. The summed E-state index contributed by atoms with van der Waals surface area (Å²) in [6.45, 7) is 6.64. The lowest BCUT2D eigenvalue weighted by Gasteiger charge is -2.31. The monoisotopic (exact) mass is 262 g/mol. The maximum atomic E-state index is 11.6. The van der Waals surface area contributed by atoms with E-state index in [-0.39, 0.29) is 5.91 Å². The zero-order valence-corrected chi connectivity index (χ0v) is 11.3. The van der Waals surface area contributed by atoms with E-state index in [2.05, 4.69) is 27.0 Å². The summed E-state index contributed by atoms with van der Waals surface area (Å²) >= 11 is 0. The number of piperidine rings is 1. The van der Waals surface area contributed by atoms with Gasteiger partial charge in [-0.25, -0.2) is 0 Å². The van der Waals surface area contributed by atoms with Crippen LogP contribution in [0.5, 0.6) is 0 Å². The van der Waals surface area contributed by atoms with Gasteiger partial charge in [-0.2, -0.15) is 5.10 Å². The number of nitrogens with zero attached hydrogens (tertiary/aromatic N) is 2. The lowest BCUT2D eigenvalue weighted by atomic mass is 9.92. The second-order valence-corrected chi connectivity index (χ2v) is 5.10. The molecule has 0 unspecified atom stereocenters. The van der Waals surface area contributed by atoms with Crippen LogP contribution in [0, 0.1) is 5.92 Å². The number of aromatic amines is 1. The molecule has 1 aromatic heterocycles. The Hall–Kier alpha value is -1.62. The largest absolute Gasteiger partial charge is 0.352 e. The van der Waals surface area contributed by atoms with E-state index in [4.69, 9.17) is 0 Å². The van der Waals surface area contributed by atoms with Crippen molar-refractivity contribution in [3.8, 4) is 0 Å². The Morgan fingerprint density at radius 2 is 2.37 bits per heavy atom. The van der Waals surface area contributed by atoms with E-state index in [1.807, 2.05) is 6.07 Å². The average Bonchev–Trinajstić information content (AvgIpc) is 2.91. The second-order valence-electron chi connectivity index (χ2n) is 5.10. The van der Waals surface area contributed by atoms with Gasteiger partial charge in [-0.15, -0.1) is 6.58 Å². The number of amides is 1. The Morgan fingerprint density at radius 1 is 1.58 bits per heavy atom. The van der Waals surface area contributed by atoms with Crippen LogP contribution in [0.3, 0.4) is 0 Å². The Labute approximate surface area is 114 Å². The molecule has 1 saturated heterocycles. The number of hydrogen-bond acceptors (Lipinski definition) is 3. The lowest BCUT2D eigenvalue weighted by molar-refractivity contribution is -0.122. The highest BCUT2D eigenvalue weighted by Gasteiger charge is 2.21. The highest BCUT2D eigenvalue weighted by Crippen LogP contribution is 2.20. The Morgan fingerprint density at radius 3 is 3.00 bits per heavy atom. The lowest BCUT2D eigenvalue weighted by Crippen LogP contribution is -2.41. The third kappa shape index (κ3) is 4.52.